The second-order valence-electron chi connectivity index (χ2n) is 5.75. The van der Waals surface area contributed by atoms with Gasteiger partial charge in [-0.2, -0.15) is 0 Å². The average Bonchev–Trinajstić information content (AvgIpc) is 3.21. The van der Waals surface area contributed by atoms with Gasteiger partial charge in [-0.25, -0.2) is 4.98 Å². The Bertz CT molecular complexity index is 891. The lowest BCUT2D eigenvalue weighted by Crippen LogP contribution is -2.35. The summed E-state index contributed by atoms with van der Waals surface area (Å²) < 4.78 is 0.979. The summed E-state index contributed by atoms with van der Waals surface area (Å²) in [4.78, 5) is 22.2. The third-order valence-corrected chi connectivity index (χ3v) is 5.65. The SMILES string of the molecule is CN(C)CCN(C(=O)/C=C/c1cccs1)c1nc2ccc(Cl)cc2s1.Cl. The van der Waals surface area contributed by atoms with Crippen LogP contribution in [0, 0.1) is 0 Å². The fourth-order valence-corrected chi connectivity index (χ4v) is 4.12. The zero-order valence-electron chi connectivity index (χ0n) is 14.4. The number of rotatable bonds is 6. The van der Waals surface area contributed by atoms with Gasteiger partial charge in [-0.3, -0.25) is 9.69 Å². The number of anilines is 1. The maximum Gasteiger partial charge on any atom is 0.252 e. The molecule has 2 aromatic heterocycles. The maximum absolute atomic E-state index is 12.8. The van der Waals surface area contributed by atoms with E-state index in [-0.39, 0.29) is 18.3 Å². The molecule has 0 aliphatic carbocycles. The van der Waals surface area contributed by atoms with Crippen LogP contribution in [0.25, 0.3) is 16.3 Å². The number of benzene rings is 1. The van der Waals surface area contributed by atoms with Crippen molar-refractivity contribution >= 4 is 74.0 Å². The standard InChI is InChI=1S/C18H18ClN3OS2.ClH/c1-21(2)9-10-22(17(23)8-6-14-4-3-11-24-14)18-20-15-7-5-13(19)12-16(15)25-18;/h3-8,11-12H,9-10H2,1-2H3;1H/b8-6+;. The highest BCUT2D eigenvalue weighted by atomic mass is 35.5. The number of hydrogen-bond donors (Lipinski definition) is 0. The van der Waals surface area contributed by atoms with Gasteiger partial charge in [-0.1, -0.05) is 29.0 Å². The molecule has 138 valence electrons. The van der Waals surface area contributed by atoms with E-state index in [4.69, 9.17) is 11.6 Å². The molecule has 0 spiro atoms. The molecule has 0 N–H and O–H groups in total. The van der Waals surface area contributed by atoms with Crippen molar-refractivity contribution in [1.82, 2.24) is 9.88 Å². The molecular weight excluding hydrogens is 409 g/mol. The van der Waals surface area contributed by atoms with E-state index >= 15 is 0 Å². The molecule has 4 nitrogen and oxygen atoms in total. The second-order valence-corrected chi connectivity index (χ2v) is 8.18. The average molecular weight is 428 g/mol. The third kappa shape index (κ3) is 5.28. The topological polar surface area (TPSA) is 36.4 Å². The Morgan fingerprint density at radius 2 is 2.08 bits per heavy atom. The summed E-state index contributed by atoms with van der Waals surface area (Å²) in [5, 5.41) is 3.36. The minimum atomic E-state index is -0.0691. The Morgan fingerprint density at radius 1 is 1.27 bits per heavy atom. The summed E-state index contributed by atoms with van der Waals surface area (Å²) in [6, 6.07) is 9.53. The van der Waals surface area contributed by atoms with Crippen LogP contribution < -0.4 is 4.90 Å². The molecule has 0 saturated carbocycles. The molecule has 0 aliphatic rings. The summed E-state index contributed by atoms with van der Waals surface area (Å²) in [7, 11) is 3.98. The molecule has 8 heteroatoms. The summed E-state index contributed by atoms with van der Waals surface area (Å²) >= 11 is 9.15. The predicted molar refractivity (Wildman–Crippen MR) is 116 cm³/mol. The van der Waals surface area contributed by atoms with Gasteiger partial charge in [0.2, 0.25) is 0 Å². The molecule has 1 aromatic carbocycles. The Kier molecular flexibility index (Phi) is 7.61. The quantitative estimate of drug-likeness (QED) is 0.516. The van der Waals surface area contributed by atoms with E-state index in [1.807, 2.05) is 60.8 Å². The fourth-order valence-electron chi connectivity index (χ4n) is 2.23. The summed E-state index contributed by atoms with van der Waals surface area (Å²) in [5.74, 6) is -0.0691. The number of nitrogens with zero attached hydrogens (tertiary/aromatic N) is 3. The molecule has 1 amide bonds. The van der Waals surface area contributed by atoms with Crippen molar-refractivity contribution in [2.45, 2.75) is 0 Å². The number of carbonyl (C=O) groups is 1. The molecule has 3 aromatic rings. The lowest BCUT2D eigenvalue weighted by molar-refractivity contribution is -0.114. The first-order chi connectivity index (χ1) is 12.0. The Labute approximate surface area is 172 Å². The van der Waals surface area contributed by atoms with Crippen molar-refractivity contribution in [1.29, 1.82) is 0 Å². The molecular formula is C18H19Cl2N3OS2. The minimum absolute atomic E-state index is 0. The minimum Gasteiger partial charge on any atom is -0.308 e. The molecule has 0 saturated heterocycles. The van der Waals surface area contributed by atoms with Gasteiger partial charge in [-0.05, 0) is 49.8 Å². The van der Waals surface area contributed by atoms with Crippen LogP contribution in [-0.2, 0) is 4.79 Å². The summed E-state index contributed by atoms with van der Waals surface area (Å²) in [6.07, 6.45) is 3.46. The smallest absolute Gasteiger partial charge is 0.252 e. The normalized spacial score (nSPS) is 11.2. The fraction of sp³-hybridized carbons (Fsp3) is 0.222. The van der Waals surface area contributed by atoms with Crippen LogP contribution in [0.1, 0.15) is 4.88 Å². The molecule has 0 radical (unpaired) electrons. The van der Waals surface area contributed by atoms with Crippen molar-refractivity contribution in [2.24, 2.45) is 0 Å². The first kappa shape index (κ1) is 20.9. The highest BCUT2D eigenvalue weighted by Crippen LogP contribution is 2.31. The van der Waals surface area contributed by atoms with E-state index in [2.05, 4.69) is 4.98 Å². The van der Waals surface area contributed by atoms with Crippen LogP contribution in [0.5, 0.6) is 0 Å². The number of carbonyl (C=O) groups excluding carboxylic acids is 1. The van der Waals surface area contributed by atoms with E-state index < -0.39 is 0 Å². The third-order valence-electron chi connectivity index (χ3n) is 3.54. The zero-order valence-corrected chi connectivity index (χ0v) is 17.6. The molecule has 3 rings (SSSR count). The van der Waals surface area contributed by atoms with E-state index in [1.165, 1.54) is 11.3 Å². The number of fused-ring (bicyclic) bond motifs is 1. The Hall–Kier alpha value is -1.44. The van der Waals surface area contributed by atoms with Gasteiger partial charge in [0.15, 0.2) is 5.13 Å². The van der Waals surface area contributed by atoms with Gasteiger partial charge in [0.1, 0.15) is 0 Å². The lowest BCUT2D eigenvalue weighted by Gasteiger charge is -2.20. The number of aromatic nitrogens is 1. The van der Waals surface area contributed by atoms with Crippen molar-refractivity contribution in [2.75, 3.05) is 32.1 Å². The van der Waals surface area contributed by atoms with Crippen LogP contribution in [0.15, 0.2) is 41.8 Å². The largest absolute Gasteiger partial charge is 0.308 e. The second kappa shape index (κ2) is 9.48. The van der Waals surface area contributed by atoms with Crippen LogP contribution in [0.3, 0.4) is 0 Å². The van der Waals surface area contributed by atoms with E-state index in [9.17, 15) is 4.79 Å². The first-order valence-corrected chi connectivity index (χ1v) is 9.84. The monoisotopic (exact) mass is 427 g/mol. The highest BCUT2D eigenvalue weighted by Gasteiger charge is 2.18. The van der Waals surface area contributed by atoms with Gasteiger partial charge in [0.05, 0.1) is 10.2 Å². The van der Waals surface area contributed by atoms with Crippen molar-refractivity contribution < 1.29 is 4.79 Å². The molecule has 26 heavy (non-hydrogen) atoms. The van der Waals surface area contributed by atoms with Crippen LogP contribution in [0.4, 0.5) is 5.13 Å². The van der Waals surface area contributed by atoms with E-state index in [0.717, 1.165) is 21.6 Å². The van der Waals surface area contributed by atoms with Gasteiger partial charge in [0.25, 0.3) is 5.91 Å². The van der Waals surface area contributed by atoms with Crippen LogP contribution in [0.2, 0.25) is 5.02 Å². The molecule has 0 unspecified atom stereocenters. The number of likely N-dealkylation sites (N-methyl/N-ethyl adjacent to an activating group) is 1. The van der Waals surface area contributed by atoms with Crippen molar-refractivity contribution in [3.05, 3.63) is 51.7 Å². The highest BCUT2D eigenvalue weighted by molar-refractivity contribution is 7.22. The van der Waals surface area contributed by atoms with E-state index in [0.29, 0.717) is 16.7 Å². The number of thiophene rings is 1. The molecule has 2 heterocycles. The number of halogens is 2. The molecule has 0 fully saturated rings. The van der Waals surface area contributed by atoms with Crippen LogP contribution in [-0.4, -0.2) is 43.0 Å². The van der Waals surface area contributed by atoms with Crippen molar-refractivity contribution in [3.8, 4) is 0 Å². The summed E-state index contributed by atoms with van der Waals surface area (Å²) in [6.45, 7) is 1.34. The van der Waals surface area contributed by atoms with Gasteiger partial charge >= 0.3 is 0 Å². The van der Waals surface area contributed by atoms with Crippen LogP contribution >= 0.6 is 46.7 Å². The summed E-state index contributed by atoms with van der Waals surface area (Å²) in [5.41, 5.74) is 0.856. The Morgan fingerprint density at radius 3 is 2.77 bits per heavy atom. The van der Waals surface area contributed by atoms with Crippen molar-refractivity contribution in [3.63, 3.8) is 0 Å². The Balaban J connectivity index is 0.00000243. The van der Waals surface area contributed by atoms with Gasteiger partial charge < -0.3 is 4.90 Å². The van der Waals surface area contributed by atoms with Gasteiger partial charge in [0, 0.05) is 29.1 Å². The lowest BCUT2D eigenvalue weighted by atomic mass is 10.3. The first-order valence-electron chi connectivity index (χ1n) is 7.77. The molecule has 0 aliphatic heterocycles. The van der Waals surface area contributed by atoms with E-state index in [1.54, 1.807) is 22.3 Å². The number of thiazole rings is 1. The number of hydrogen-bond acceptors (Lipinski definition) is 5. The van der Waals surface area contributed by atoms with Gasteiger partial charge in [-0.15, -0.1) is 23.7 Å². The predicted octanol–water partition coefficient (Wildman–Crippen LogP) is 5.04. The maximum atomic E-state index is 12.8. The zero-order chi connectivity index (χ0) is 17.8. The molecule has 0 bridgehead atoms. The number of amides is 1. The molecule has 0 atom stereocenters.